The van der Waals surface area contributed by atoms with Gasteiger partial charge in [-0.1, -0.05) is 31.1 Å². The van der Waals surface area contributed by atoms with E-state index in [2.05, 4.69) is 19.9 Å². The number of hydrogen-bond donors (Lipinski definition) is 15. The van der Waals surface area contributed by atoms with Gasteiger partial charge in [0.05, 0.1) is 63.1 Å². The van der Waals surface area contributed by atoms with Gasteiger partial charge in [0.2, 0.25) is 0 Å². The van der Waals surface area contributed by atoms with Crippen molar-refractivity contribution < 1.29 is 167 Å². The Kier molecular flexibility index (Phi) is 27.0. The summed E-state index contributed by atoms with van der Waals surface area (Å²) in [6.45, 7) is 11.6. The number of methoxy groups -OCH3 is 2. The van der Waals surface area contributed by atoms with Crippen molar-refractivity contribution in [2.24, 2.45) is 34.5 Å². The minimum absolute atomic E-state index is 0.0102. The van der Waals surface area contributed by atoms with Crippen LogP contribution in [0.4, 0.5) is 0 Å². The summed E-state index contributed by atoms with van der Waals surface area (Å²) in [6.07, 6.45) is -39.9. The summed E-state index contributed by atoms with van der Waals surface area (Å²) in [7, 11) is 2.98. The van der Waals surface area contributed by atoms with Crippen LogP contribution in [0.25, 0.3) is 0 Å². The fourth-order valence-electron chi connectivity index (χ4n) is 18.5. The lowest BCUT2D eigenvalue weighted by molar-refractivity contribution is -0.378. The minimum atomic E-state index is -2.06. The third-order valence-corrected chi connectivity index (χ3v) is 24.2. The molecular formula is C70H112O34. The Labute approximate surface area is 603 Å². The number of allylic oxidation sites excluding steroid dienone is 2. The van der Waals surface area contributed by atoms with Gasteiger partial charge in [-0.05, 0) is 115 Å². The Balaban J connectivity index is 0.707. The molecule has 0 bridgehead atoms. The molecule has 7 heterocycles. The van der Waals surface area contributed by atoms with Crippen LogP contribution in [-0.4, -0.2) is 344 Å². The molecule has 11 rings (SSSR count). The van der Waals surface area contributed by atoms with Crippen LogP contribution < -0.4 is 0 Å². The molecule has 41 atom stereocenters. The second-order valence-electron chi connectivity index (χ2n) is 31.1. The Bertz CT molecular complexity index is 2880. The molecule has 3 unspecified atom stereocenters. The topological polar surface area (TPSA) is 495 Å². The summed E-state index contributed by atoms with van der Waals surface area (Å²) in [5, 5.41) is 164. The van der Waals surface area contributed by atoms with Gasteiger partial charge in [-0.3, -0.25) is 4.79 Å². The normalized spacial score (nSPS) is 51.3. The zero-order valence-electron chi connectivity index (χ0n) is 60.3. The maximum atomic E-state index is 14.1. The Morgan fingerprint density at radius 1 is 0.500 bits per heavy atom. The monoisotopic (exact) mass is 1500 g/mol. The molecule has 104 heavy (non-hydrogen) atoms. The molecule has 0 aromatic rings. The van der Waals surface area contributed by atoms with Crippen LogP contribution in [0.15, 0.2) is 23.3 Å². The molecule has 3 saturated carbocycles. The highest BCUT2D eigenvalue weighted by atomic mass is 16.8. The number of Topliss-reactive ketones (excluding diaryl/α,β-unsaturated/α-hetero) is 1. The average Bonchev–Trinajstić information content (AvgIpc) is 1.54. The summed E-state index contributed by atoms with van der Waals surface area (Å²) < 4.78 is 103. The molecule has 4 aliphatic carbocycles. The van der Waals surface area contributed by atoms with Crippen molar-refractivity contribution in [3.63, 3.8) is 0 Å². The van der Waals surface area contributed by atoms with Crippen LogP contribution in [0.5, 0.6) is 0 Å². The number of ketones is 1. The zero-order chi connectivity index (χ0) is 75.5. The predicted molar refractivity (Wildman–Crippen MR) is 348 cm³/mol. The standard InChI is InChI=1S/C70H112O34/c1-26(2)17-43(75)101-60-29(5)93-45(21-38(60)88-9)102-59-28(4)92-44(20-36(59)74)103-61-30(6)94-67(58(87)62(61)89-10)95-32-13-15-69(7)31(18-32)11-12-33-34(69)14-16-70(8)35(33)19-37(46(70)27(3)73)96-65-56(85)53(82)49(78)41(99-65)25-91-68-63(104-66-57(86)52(81)48(77)40(23-72)98-66)54(83)50(79)42(100-68)24-90-64-55(84)51(80)47(76)39(22-71)97-64/h11,17,28-30,32-42,44-68,71-72,74,76-87H,12-16,18-25H2,1-10H3/t28-,29-,30-,32+,33?,34?,35?,36+,37-,38+,39-,40-,41-,42-,44+,45+,46+,47-,48-,49-,50-,51+,52+,53+,54+,55-,56-,57-,58-,59-,60-,61-,62-,63-,64-,65-,66+,67+,68-,69+,70+/m1/s1. The molecule has 10 fully saturated rings. The number of ether oxygens (including phenoxy) is 17. The van der Waals surface area contributed by atoms with Crippen molar-refractivity contribution in [2.45, 2.75) is 328 Å². The predicted octanol–water partition coefficient (Wildman–Crippen LogP) is -3.78. The number of carbonyl (C=O) groups excluding carboxylic acids is 2. The maximum absolute atomic E-state index is 14.1. The molecule has 596 valence electrons. The Hall–Kier alpha value is -2.62. The van der Waals surface area contributed by atoms with Crippen LogP contribution in [0, 0.1) is 34.5 Å². The highest BCUT2D eigenvalue weighted by molar-refractivity contribution is 5.82. The Morgan fingerprint density at radius 2 is 1.03 bits per heavy atom. The lowest BCUT2D eigenvalue weighted by Crippen LogP contribution is -2.65. The van der Waals surface area contributed by atoms with E-state index in [-0.39, 0.29) is 47.9 Å². The van der Waals surface area contributed by atoms with Crippen molar-refractivity contribution >= 4 is 11.8 Å². The van der Waals surface area contributed by atoms with Gasteiger partial charge in [0, 0.05) is 39.1 Å². The van der Waals surface area contributed by atoms with E-state index in [1.54, 1.807) is 34.6 Å². The molecule has 0 aromatic heterocycles. The molecule has 11 aliphatic rings. The van der Waals surface area contributed by atoms with Gasteiger partial charge >= 0.3 is 5.97 Å². The van der Waals surface area contributed by atoms with E-state index >= 15 is 0 Å². The van der Waals surface area contributed by atoms with E-state index in [9.17, 15) is 86.2 Å². The molecule has 0 amide bonds. The summed E-state index contributed by atoms with van der Waals surface area (Å²) in [4.78, 5) is 26.6. The quantitative estimate of drug-likeness (QED) is 0.0265. The van der Waals surface area contributed by atoms with Crippen molar-refractivity contribution in [2.75, 3.05) is 40.6 Å². The van der Waals surface area contributed by atoms with Gasteiger partial charge in [0.1, 0.15) is 134 Å². The second-order valence-corrected chi connectivity index (χ2v) is 31.1. The summed E-state index contributed by atoms with van der Waals surface area (Å²) in [5.74, 6) is -1.15. The van der Waals surface area contributed by atoms with Crippen molar-refractivity contribution in [1.29, 1.82) is 0 Å². The largest absolute Gasteiger partial charge is 0.454 e. The highest BCUT2D eigenvalue weighted by Gasteiger charge is 2.64. The van der Waals surface area contributed by atoms with Crippen molar-refractivity contribution in [3.05, 3.63) is 23.3 Å². The third kappa shape index (κ3) is 16.6. The second kappa shape index (κ2) is 34.2. The highest BCUT2D eigenvalue weighted by Crippen LogP contribution is 2.67. The lowest BCUT2D eigenvalue weighted by Gasteiger charge is -2.58. The summed E-state index contributed by atoms with van der Waals surface area (Å²) in [6, 6.07) is 0. The number of fused-ring (bicyclic) bond motifs is 5. The molecule has 34 heteroatoms. The summed E-state index contributed by atoms with van der Waals surface area (Å²) >= 11 is 0. The molecule has 34 nitrogen and oxygen atoms in total. The van der Waals surface area contributed by atoms with Crippen molar-refractivity contribution in [3.8, 4) is 0 Å². The Morgan fingerprint density at radius 3 is 1.62 bits per heavy atom. The molecule has 7 aliphatic heterocycles. The van der Waals surface area contributed by atoms with Gasteiger partial charge in [-0.15, -0.1) is 0 Å². The molecule has 7 saturated heterocycles. The van der Waals surface area contributed by atoms with Gasteiger partial charge in [-0.25, -0.2) is 4.79 Å². The molecule has 0 spiro atoms. The van der Waals surface area contributed by atoms with E-state index < -0.39 is 253 Å². The van der Waals surface area contributed by atoms with Gasteiger partial charge < -0.3 is 157 Å². The van der Waals surface area contributed by atoms with Crippen LogP contribution in [-0.2, 0) is 90.1 Å². The first-order valence-electron chi connectivity index (χ1n) is 36.5. The van der Waals surface area contributed by atoms with Crippen LogP contribution >= 0.6 is 0 Å². The van der Waals surface area contributed by atoms with E-state index in [1.807, 2.05) is 0 Å². The zero-order valence-corrected chi connectivity index (χ0v) is 60.3. The molecule has 0 aromatic carbocycles. The first kappa shape index (κ1) is 82.3. The lowest BCUT2D eigenvalue weighted by atomic mass is 9.47. The van der Waals surface area contributed by atoms with E-state index in [0.29, 0.717) is 32.1 Å². The fourth-order valence-corrected chi connectivity index (χ4v) is 18.5. The minimum Gasteiger partial charge on any atom is -0.454 e. The maximum Gasteiger partial charge on any atom is 0.331 e. The number of aliphatic hydroxyl groups excluding tert-OH is 15. The van der Waals surface area contributed by atoms with E-state index in [4.69, 9.17) is 80.5 Å². The van der Waals surface area contributed by atoms with Gasteiger partial charge in [-0.2, -0.15) is 0 Å². The summed E-state index contributed by atoms with van der Waals surface area (Å²) in [5.41, 5.74) is 1.16. The smallest absolute Gasteiger partial charge is 0.331 e. The molecular weight excluding hydrogens is 1380 g/mol. The average molecular weight is 1500 g/mol. The SMILES string of the molecule is CO[C@@H]1[C@@H](O)[C@H](O[C@H]2CC[C@@]3(C)C(=CCC4C3CC[C@@]3(C)C4C[C@@H](O[C@@H]4O[C@H](CO[C@@H]5O[C@H](CO[C@@H]6O[C@H](CO)[C@@H](O)[C@H](O)[C@H]6O)[C@@H](O)[C@H](O)[C@H]5O[C@@H]5O[C@H](CO)[C@@H](O)[C@H](O)[C@H]5O)[C@@H](O)[C@H](O)[C@H]4O)[C@@H]3C(C)=O)C2)O[C@H](C)[C@H]1O[C@H]1C[C@H](O)[C@H](O[C@H]2C[C@H](OC)[C@H](OC(=O)C=C(C)C)[C@@H](C)O2)[C@@H](C)O1. The number of aliphatic hydroxyl groups is 15. The number of carbonyl (C=O) groups is 2. The molecule has 15 N–H and O–H groups in total. The van der Waals surface area contributed by atoms with Gasteiger partial charge in [0.25, 0.3) is 0 Å². The van der Waals surface area contributed by atoms with Gasteiger partial charge in [0.15, 0.2) is 50.1 Å². The fraction of sp³-hybridized carbons (Fsp3) is 0.914. The third-order valence-electron chi connectivity index (χ3n) is 24.2. The van der Waals surface area contributed by atoms with Crippen LogP contribution in [0.2, 0.25) is 0 Å². The number of hydrogen-bond acceptors (Lipinski definition) is 34. The molecule has 0 radical (unpaired) electrons. The van der Waals surface area contributed by atoms with E-state index in [0.717, 1.165) is 18.4 Å². The van der Waals surface area contributed by atoms with Crippen LogP contribution in [0.3, 0.4) is 0 Å². The van der Waals surface area contributed by atoms with E-state index in [1.165, 1.54) is 32.8 Å². The number of rotatable bonds is 23. The number of esters is 1. The first-order valence-corrected chi connectivity index (χ1v) is 36.5. The van der Waals surface area contributed by atoms with Crippen molar-refractivity contribution in [1.82, 2.24) is 0 Å². The van der Waals surface area contributed by atoms with Crippen LogP contribution in [0.1, 0.15) is 113 Å². The first-order chi connectivity index (χ1) is 49.2.